The van der Waals surface area contributed by atoms with Crippen molar-refractivity contribution in [1.82, 2.24) is 9.88 Å². The minimum atomic E-state index is 0.0454. The third kappa shape index (κ3) is 3.33. The number of amides is 1. The molecule has 0 unspecified atom stereocenters. The van der Waals surface area contributed by atoms with Gasteiger partial charge >= 0.3 is 0 Å². The Kier molecular flexibility index (Phi) is 4.91. The molecule has 1 fully saturated rings. The van der Waals surface area contributed by atoms with Crippen molar-refractivity contribution < 1.29 is 4.79 Å². The van der Waals surface area contributed by atoms with Crippen molar-refractivity contribution in [2.24, 2.45) is 0 Å². The molecule has 1 amide bonds. The summed E-state index contributed by atoms with van der Waals surface area (Å²) in [7, 11) is 1.93. The molecule has 26 heavy (non-hydrogen) atoms. The Balaban J connectivity index is 1.58. The SMILES string of the molecule is CN(C(=O)c1cccc(N2CCCc3ccccc32)n1)C1CCCCC1. The Bertz CT molecular complexity index is 782. The molecular weight excluding hydrogens is 322 g/mol. The first-order valence-corrected chi connectivity index (χ1v) is 9.84. The number of nitrogens with zero attached hydrogens (tertiary/aromatic N) is 3. The zero-order valence-electron chi connectivity index (χ0n) is 15.5. The van der Waals surface area contributed by atoms with E-state index in [2.05, 4.69) is 29.2 Å². The van der Waals surface area contributed by atoms with Gasteiger partial charge in [-0.1, -0.05) is 43.5 Å². The van der Waals surface area contributed by atoms with Crippen molar-refractivity contribution in [1.29, 1.82) is 0 Å². The number of carbonyl (C=O) groups excluding carboxylic acids is 1. The van der Waals surface area contributed by atoms with Crippen LogP contribution in [0.4, 0.5) is 11.5 Å². The average molecular weight is 349 g/mol. The van der Waals surface area contributed by atoms with Gasteiger partial charge in [0.2, 0.25) is 0 Å². The van der Waals surface area contributed by atoms with Gasteiger partial charge in [0.15, 0.2) is 0 Å². The van der Waals surface area contributed by atoms with Gasteiger partial charge < -0.3 is 9.80 Å². The predicted molar refractivity (Wildman–Crippen MR) is 105 cm³/mol. The highest BCUT2D eigenvalue weighted by atomic mass is 16.2. The number of aryl methyl sites for hydroxylation is 1. The molecule has 136 valence electrons. The third-order valence-corrected chi connectivity index (χ3v) is 5.78. The van der Waals surface area contributed by atoms with Crippen LogP contribution >= 0.6 is 0 Å². The minimum Gasteiger partial charge on any atom is -0.337 e. The molecule has 2 heterocycles. The van der Waals surface area contributed by atoms with Crippen LogP contribution < -0.4 is 4.90 Å². The van der Waals surface area contributed by atoms with E-state index < -0.39 is 0 Å². The second-order valence-corrected chi connectivity index (χ2v) is 7.47. The number of pyridine rings is 1. The summed E-state index contributed by atoms with van der Waals surface area (Å²) in [5.74, 6) is 0.920. The van der Waals surface area contributed by atoms with Gasteiger partial charge in [-0.15, -0.1) is 0 Å². The van der Waals surface area contributed by atoms with E-state index in [1.807, 2.05) is 30.1 Å². The standard InChI is InChI=1S/C22H27N3O/c1-24(18-11-3-2-4-12-18)22(26)19-13-7-15-21(23-19)25-16-8-10-17-9-5-6-14-20(17)25/h5-7,9,13-15,18H,2-4,8,10-12,16H2,1H3. The van der Waals surface area contributed by atoms with Crippen LogP contribution in [0.3, 0.4) is 0 Å². The molecule has 2 aromatic rings. The maximum absolute atomic E-state index is 13.0. The molecular formula is C22H27N3O. The molecule has 0 N–H and O–H groups in total. The Morgan fingerprint density at radius 2 is 1.85 bits per heavy atom. The topological polar surface area (TPSA) is 36.4 Å². The normalized spacial score (nSPS) is 17.7. The highest BCUT2D eigenvalue weighted by Crippen LogP contribution is 2.32. The van der Waals surface area contributed by atoms with E-state index in [0.29, 0.717) is 11.7 Å². The lowest BCUT2D eigenvalue weighted by molar-refractivity contribution is 0.0690. The van der Waals surface area contributed by atoms with E-state index in [4.69, 9.17) is 4.98 Å². The van der Waals surface area contributed by atoms with Crippen molar-refractivity contribution in [3.63, 3.8) is 0 Å². The van der Waals surface area contributed by atoms with Crippen molar-refractivity contribution in [2.75, 3.05) is 18.5 Å². The first-order chi connectivity index (χ1) is 12.7. The number of carbonyl (C=O) groups is 1. The van der Waals surface area contributed by atoms with Crippen LogP contribution in [0, 0.1) is 0 Å². The van der Waals surface area contributed by atoms with Crippen LogP contribution in [0.2, 0.25) is 0 Å². The largest absolute Gasteiger partial charge is 0.337 e. The molecule has 4 heteroatoms. The summed E-state index contributed by atoms with van der Waals surface area (Å²) < 4.78 is 0. The van der Waals surface area contributed by atoms with E-state index in [9.17, 15) is 4.79 Å². The highest BCUT2D eigenvalue weighted by molar-refractivity contribution is 5.93. The first kappa shape index (κ1) is 17.1. The van der Waals surface area contributed by atoms with E-state index in [1.165, 1.54) is 30.5 Å². The van der Waals surface area contributed by atoms with E-state index >= 15 is 0 Å². The van der Waals surface area contributed by atoms with Gasteiger partial charge in [-0.2, -0.15) is 0 Å². The molecule has 1 aromatic heterocycles. The van der Waals surface area contributed by atoms with Crippen LogP contribution in [0.1, 0.15) is 54.6 Å². The fourth-order valence-corrected chi connectivity index (χ4v) is 4.28. The van der Waals surface area contributed by atoms with Crippen molar-refractivity contribution in [3.05, 3.63) is 53.7 Å². The number of hydrogen-bond donors (Lipinski definition) is 0. The number of para-hydroxylation sites is 1. The maximum Gasteiger partial charge on any atom is 0.272 e. The number of anilines is 2. The monoisotopic (exact) mass is 349 g/mol. The smallest absolute Gasteiger partial charge is 0.272 e. The predicted octanol–water partition coefficient (Wildman–Crippen LogP) is 4.57. The van der Waals surface area contributed by atoms with Gasteiger partial charge in [0.05, 0.1) is 0 Å². The third-order valence-electron chi connectivity index (χ3n) is 5.78. The molecule has 1 saturated carbocycles. The Morgan fingerprint density at radius 3 is 2.69 bits per heavy atom. The fourth-order valence-electron chi connectivity index (χ4n) is 4.28. The van der Waals surface area contributed by atoms with Gasteiger partial charge in [0, 0.05) is 25.3 Å². The number of aromatic nitrogens is 1. The molecule has 0 atom stereocenters. The molecule has 1 aliphatic carbocycles. The molecule has 4 rings (SSSR count). The number of rotatable bonds is 3. The van der Waals surface area contributed by atoms with Gasteiger partial charge in [-0.05, 0) is 49.4 Å². The number of benzene rings is 1. The lowest BCUT2D eigenvalue weighted by atomic mass is 9.94. The van der Waals surface area contributed by atoms with E-state index in [1.54, 1.807) is 0 Å². The Morgan fingerprint density at radius 1 is 1.04 bits per heavy atom. The van der Waals surface area contributed by atoms with Crippen LogP contribution in [0.15, 0.2) is 42.5 Å². The van der Waals surface area contributed by atoms with Crippen LogP contribution in [0.25, 0.3) is 0 Å². The van der Waals surface area contributed by atoms with Crippen molar-refractivity contribution >= 4 is 17.4 Å². The highest BCUT2D eigenvalue weighted by Gasteiger charge is 2.25. The van der Waals surface area contributed by atoms with Crippen molar-refractivity contribution in [2.45, 2.75) is 51.0 Å². The molecule has 1 aromatic carbocycles. The maximum atomic E-state index is 13.0. The summed E-state index contributed by atoms with van der Waals surface area (Å²) in [5, 5.41) is 0. The Hall–Kier alpha value is -2.36. The summed E-state index contributed by atoms with van der Waals surface area (Å²) in [5.41, 5.74) is 3.13. The fraction of sp³-hybridized carbons (Fsp3) is 0.455. The second kappa shape index (κ2) is 7.48. The second-order valence-electron chi connectivity index (χ2n) is 7.47. The van der Waals surface area contributed by atoms with E-state index in [0.717, 1.165) is 38.0 Å². The summed E-state index contributed by atoms with van der Waals surface area (Å²) in [6, 6.07) is 14.7. The van der Waals surface area contributed by atoms with Gasteiger partial charge in [0.25, 0.3) is 5.91 Å². The lowest BCUT2D eigenvalue weighted by Crippen LogP contribution is -2.38. The van der Waals surface area contributed by atoms with Gasteiger partial charge in [0.1, 0.15) is 11.5 Å². The summed E-state index contributed by atoms with van der Waals surface area (Å²) >= 11 is 0. The Labute approximate surface area is 155 Å². The van der Waals surface area contributed by atoms with Gasteiger partial charge in [-0.3, -0.25) is 4.79 Å². The molecule has 0 saturated heterocycles. The number of hydrogen-bond acceptors (Lipinski definition) is 3. The summed E-state index contributed by atoms with van der Waals surface area (Å²) in [6.07, 6.45) is 8.18. The zero-order chi connectivity index (χ0) is 17.9. The van der Waals surface area contributed by atoms with Crippen LogP contribution in [-0.2, 0) is 6.42 Å². The van der Waals surface area contributed by atoms with Crippen LogP contribution in [0.5, 0.6) is 0 Å². The van der Waals surface area contributed by atoms with Gasteiger partial charge in [-0.25, -0.2) is 4.98 Å². The number of fused-ring (bicyclic) bond motifs is 1. The molecule has 4 nitrogen and oxygen atoms in total. The summed E-state index contributed by atoms with van der Waals surface area (Å²) in [4.78, 5) is 21.9. The molecule has 2 aliphatic rings. The average Bonchev–Trinajstić information content (AvgIpc) is 2.73. The molecule has 0 radical (unpaired) electrons. The van der Waals surface area contributed by atoms with E-state index in [-0.39, 0.29) is 5.91 Å². The first-order valence-electron chi connectivity index (χ1n) is 9.84. The lowest BCUT2D eigenvalue weighted by Gasteiger charge is -2.32. The minimum absolute atomic E-state index is 0.0454. The zero-order valence-corrected chi connectivity index (χ0v) is 15.5. The quantitative estimate of drug-likeness (QED) is 0.814. The molecule has 0 bridgehead atoms. The molecule has 0 spiro atoms. The molecule has 1 aliphatic heterocycles. The summed E-state index contributed by atoms with van der Waals surface area (Å²) in [6.45, 7) is 0.945. The van der Waals surface area contributed by atoms with Crippen LogP contribution in [-0.4, -0.2) is 35.4 Å². The van der Waals surface area contributed by atoms with Crippen molar-refractivity contribution in [3.8, 4) is 0 Å².